The maximum atomic E-state index is 13.6. The lowest BCUT2D eigenvalue weighted by Gasteiger charge is -2.19. The molecule has 1 aromatic heterocycles. The lowest BCUT2D eigenvalue weighted by molar-refractivity contribution is -0.122. The molecule has 0 fully saturated rings. The minimum atomic E-state index is -0.297. The number of nitrogens with zero attached hydrogens (tertiary/aromatic N) is 3. The minimum absolute atomic E-state index is 0.0396. The summed E-state index contributed by atoms with van der Waals surface area (Å²) in [6, 6.07) is 12.4. The van der Waals surface area contributed by atoms with Gasteiger partial charge in [-0.15, -0.1) is 0 Å². The van der Waals surface area contributed by atoms with Crippen molar-refractivity contribution in [2.75, 3.05) is 26.2 Å². The Morgan fingerprint density at radius 2 is 1.97 bits per heavy atom. The average Bonchev–Trinajstić information content (AvgIpc) is 2.82. The summed E-state index contributed by atoms with van der Waals surface area (Å²) >= 11 is 6.19. The Balaban J connectivity index is 1.91. The largest absolute Gasteiger partial charge is 0.494 e. The van der Waals surface area contributed by atoms with Gasteiger partial charge in [0.1, 0.15) is 18.1 Å². The van der Waals surface area contributed by atoms with Crippen LogP contribution in [0.3, 0.4) is 0 Å². The van der Waals surface area contributed by atoms with Crippen molar-refractivity contribution in [2.24, 2.45) is 0 Å². The predicted molar refractivity (Wildman–Crippen MR) is 142 cm³/mol. The van der Waals surface area contributed by atoms with E-state index in [2.05, 4.69) is 24.1 Å². The van der Waals surface area contributed by atoms with Crippen molar-refractivity contribution in [3.05, 3.63) is 57.8 Å². The van der Waals surface area contributed by atoms with Gasteiger partial charge in [-0.05, 0) is 70.1 Å². The number of ether oxygens (including phenoxy) is 1. The van der Waals surface area contributed by atoms with Crippen molar-refractivity contribution in [3.8, 4) is 17.1 Å². The zero-order valence-corrected chi connectivity index (χ0v) is 21.8. The van der Waals surface area contributed by atoms with Crippen LogP contribution in [0, 0.1) is 0 Å². The van der Waals surface area contributed by atoms with Gasteiger partial charge in [0.15, 0.2) is 0 Å². The van der Waals surface area contributed by atoms with Crippen molar-refractivity contribution in [1.82, 2.24) is 19.8 Å². The average molecular weight is 499 g/mol. The summed E-state index contributed by atoms with van der Waals surface area (Å²) in [4.78, 5) is 33.3. The Morgan fingerprint density at radius 3 is 2.66 bits per heavy atom. The van der Waals surface area contributed by atoms with Gasteiger partial charge in [0, 0.05) is 23.2 Å². The maximum Gasteiger partial charge on any atom is 0.262 e. The van der Waals surface area contributed by atoms with Gasteiger partial charge in [0.2, 0.25) is 5.91 Å². The Bertz CT molecular complexity index is 1210. The predicted octanol–water partition coefficient (Wildman–Crippen LogP) is 4.74. The minimum Gasteiger partial charge on any atom is -0.494 e. The van der Waals surface area contributed by atoms with Crippen LogP contribution in [-0.2, 0) is 11.3 Å². The van der Waals surface area contributed by atoms with Gasteiger partial charge in [0.25, 0.3) is 5.56 Å². The normalized spacial score (nSPS) is 11.4. The number of hydrogen-bond acceptors (Lipinski definition) is 5. The molecule has 0 saturated carbocycles. The molecule has 0 atom stereocenters. The molecule has 0 radical (unpaired) electrons. The molecule has 1 heterocycles. The molecule has 1 N–H and O–H groups in total. The SMILES string of the molecule is CCCN(CC)CCCOc1ccc2nc(-c3cccc(Cl)c3)n(CC(=O)NC(C)C)c(=O)c2c1. The molecule has 0 aliphatic heterocycles. The van der Waals surface area contributed by atoms with Crippen LogP contribution in [0.2, 0.25) is 5.02 Å². The zero-order chi connectivity index (χ0) is 25.4. The number of amides is 1. The molecular weight excluding hydrogens is 464 g/mol. The molecule has 7 nitrogen and oxygen atoms in total. The molecule has 0 bridgehead atoms. The quantitative estimate of drug-likeness (QED) is 0.365. The Morgan fingerprint density at radius 1 is 1.17 bits per heavy atom. The number of carbonyl (C=O) groups is 1. The first-order chi connectivity index (χ1) is 16.8. The van der Waals surface area contributed by atoms with Gasteiger partial charge in [-0.1, -0.05) is 37.6 Å². The van der Waals surface area contributed by atoms with E-state index in [9.17, 15) is 9.59 Å². The highest BCUT2D eigenvalue weighted by Gasteiger charge is 2.17. The van der Waals surface area contributed by atoms with Crippen LogP contribution >= 0.6 is 11.6 Å². The summed E-state index contributed by atoms with van der Waals surface area (Å²) in [6.45, 7) is 11.6. The molecule has 8 heteroatoms. The van der Waals surface area contributed by atoms with Crippen molar-refractivity contribution in [1.29, 1.82) is 0 Å². The lowest BCUT2D eigenvalue weighted by atomic mass is 10.1. The number of rotatable bonds is 12. The molecule has 2 aromatic carbocycles. The van der Waals surface area contributed by atoms with E-state index in [1.54, 1.807) is 30.3 Å². The molecule has 0 aliphatic carbocycles. The first-order valence-electron chi connectivity index (χ1n) is 12.3. The van der Waals surface area contributed by atoms with Crippen molar-refractivity contribution in [2.45, 2.75) is 53.1 Å². The van der Waals surface area contributed by atoms with Crippen LogP contribution in [0.1, 0.15) is 40.5 Å². The summed E-state index contributed by atoms with van der Waals surface area (Å²) in [6.07, 6.45) is 2.03. The van der Waals surface area contributed by atoms with Crippen LogP contribution in [-0.4, -0.2) is 52.6 Å². The third kappa shape index (κ3) is 7.29. The lowest BCUT2D eigenvalue weighted by Crippen LogP contribution is -2.37. The Hall–Kier alpha value is -2.90. The van der Waals surface area contributed by atoms with Crippen LogP contribution in [0.25, 0.3) is 22.3 Å². The van der Waals surface area contributed by atoms with E-state index in [-0.39, 0.29) is 24.1 Å². The van der Waals surface area contributed by atoms with Gasteiger partial charge < -0.3 is 15.0 Å². The van der Waals surface area contributed by atoms with Gasteiger partial charge in [0.05, 0.1) is 17.5 Å². The number of halogens is 1. The van der Waals surface area contributed by atoms with Crippen LogP contribution in [0.15, 0.2) is 47.3 Å². The number of hydrogen-bond donors (Lipinski definition) is 1. The van der Waals surface area contributed by atoms with E-state index < -0.39 is 0 Å². The van der Waals surface area contributed by atoms with E-state index >= 15 is 0 Å². The highest BCUT2D eigenvalue weighted by Crippen LogP contribution is 2.24. The Labute approximate surface area is 212 Å². The van der Waals surface area contributed by atoms with Crippen molar-refractivity contribution >= 4 is 28.4 Å². The van der Waals surface area contributed by atoms with Gasteiger partial charge in [-0.25, -0.2) is 4.98 Å². The Kier molecular flexibility index (Phi) is 9.69. The third-order valence-corrected chi connectivity index (χ3v) is 5.87. The first kappa shape index (κ1) is 26.7. The number of benzene rings is 2. The smallest absolute Gasteiger partial charge is 0.262 e. The second kappa shape index (κ2) is 12.7. The summed E-state index contributed by atoms with van der Waals surface area (Å²) < 4.78 is 7.35. The second-order valence-corrected chi connectivity index (χ2v) is 9.31. The van der Waals surface area contributed by atoms with E-state index in [1.807, 2.05) is 26.0 Å². The van der Waals surface area contributed by atoms with Gasteiger partial charge in [-0.3, -0.25) is 14.2 Å². The van der Waals surface area contributed by atoms with E-state index in [0.29, 0.717) is 39.7 Å². The second-order valence-electron chi connectivity index (χ2n) is 8.87. The number of carbonyl (C=O) groups excluding carboxylic acids is 1. The summed E-state index contributed by atoms with van der Waals surface area (Å²) in [7, 11) is 0. The maximum absolute atomic E-state index is 13.6. The molecule has 35 heavy (non-hydrogen) atoms. The number of fused-ring (bicyclic) bond motifs is 1. The topological polar surface area (TPSA) is 76.5 Å². The van der Waals surface area contributed by atoms with Crippen LogP contribution < -0.4 is 15.6 Å². The monoisotopic (exact) mass is 498 g/mol. The van der Waals surface area contributed by atoms with Gasteiger partial charge >= 0.3 is 0 Å². The highest BCUT2D eigenvalue weighted by atomic mass is 35.5. The molecule has 0 aliphatic rings. The number of nitrogens with one attached hydrogen (secondary N) is 1. The fourth-order valence-corrected chi connectivity index (χ4v) is 4.21. The molecule has 188 valence electrons. The first-order valence-corrected chi connectivity index (χ1v) is 12.6. The highest BCUT2D eigenvalue weighted by molar-refractivity contribution is 6.30. The van der Waals surface area contributed by atoms with Crippen LogP contribution in [0.5, 0.6) is 5.75 Å². The molecule has 3 aromatic rings. The van der Waals surface area contributed by atoms with E-state index in [4.69, 9.17) is 21.3 Å². The molecule has 1 amide bonds. The summed E-state index contributed by atoms with van der Waals surface area (Å²) in [5.41, 5.74) is 0.911. The molecular formula is C27H35ClN4O3. The van der Waals surface area contributed by atoms with Crippen LogP contribution in [0.4, 0.5) is 0 Å². The number of aromatic nitrogens is 2. The molecule has 0 spiro atoms. The summed E-state index contributed by atoms with van der Waals surface area (Å²) in [5, 5.41) is 3.78. The molecule has 0 saturated heterocycles. The molecule has 0 unspecified atom stereocenters. The third-order valence-electron chi connectivity index (χ3n) is 5.63. The van der Waals surface area contributed by atoms with Gasteiger partial charge in [-0.2, -0.15) is 0 Å². The summed E-state index contributed by atoms with van der Waals surface area (Å²) in [5.74, 6) is 0.753. The fourth-order valence-electron chi connectivity index (χ4n) is 4.02. The fraction of sp³-hybridized carbons (Fsp3) is 0.444. The standard InChI is InChI=1S/C27H35ClN4O3/c1-5-13-31(6-2)14-8-15-35-22-11-12-24-23(17-22)27(34)32(18-25(33)29-19(3)4)26(30-24)20-9-7-10-21(28)16-20/h7,9-12,16-17,19H,5-6,8,13-15,18H2,1-4H3,(H,29,33). The zero-order valence-electron chi connectivity index (χ0n) is 21.0. The van der Waals surface area contributed by atoms with Crippen molar-refractivity contribution in [3.63, 3.8) is 0 Å². The van der Waals surface area contributed by atoms with E-state index in [0.717, 1.165) is 32.5 Å². The van der Waals surface area contributed by atoms with Crippen molar-refractivity contribution < 1.29 is 9.53 Å². The molecule has 3 rings (SSSR count). The van der Waals surface area contributed by atoms with E-state index in [1.165, 1.54) is 4.57 Å².